The molecule has 5 nitrogen and oxygen atoms in total. The van der Waals surface area contributed by atoms with Crippen LogP contribution in [0.5, 0.6) is 5.75 Å². The first kappa shape index (κ1) is 15.5. The molecule has 23 heavy (non-hydrogen) atoms. The lowest BCUT2D eigenvalue weighted by Gasteiger charge is -2.08. The topological polar surface area (TPSA) is 74.4 Å². The highest BCUT2D eigenvalue weighted by Gasteiger charge is 2.10. The molecular formula is C17H16N2O3S. The molecule has 2 aromatic heterocycles. The number of carbonyl (C=O) groups excluding carboxylic acids is 1. The first-order chi connectivity index (χ1) is 11.2. The summed E-state index contributed by atoms with van der Waals surface area (Å²) >= 11 is 1.34. The van der Waals surface area contributed by atoms with Crippen molar-refractivity contribution in [2.45, 2.75) is 13.2 Å². The lowest BCUT2D eigenvalue weighted by Crippen LogP contribution is -2.08. The number of primary amides is 1. The van der Waals surface area contributed by atoms with Crippen LogP contribution in [0.4, 0.5) is 0 Å². The number of thiophene rings is 1. The Morgan fingerprint density at radius 1 is 1.22 bits per heavy atom. The van der Waals surface area contributed by atoms with Gasteiger partial charge >= 0.3 is 0 Å². The molecule has 1 amide bonds. The number of rotatable bonds is 6. The second-order valence-corrected chi connectivity index (χ2v) is 6.13. The summed E-state index contributed by atoms with van der Waals surface area (Å²) in [6.07, 6.45) is 3.48. The number of nitrogens with zero attached hydrogens (tertiary/aromatic N) is 1. The molecule has 0 radical (unpaired) electrons. The van der Waals surface area contributed by atoms with Crippen LogP contribution < -0.4 is 10.5 Å². The van der Waals surface area contributed by atoms with E-state index in [-0.39, 0.29) is 0 Å². The predicted octanol–water partition coefficient (Wildman–Crippen LogP) is 3.12. The zero-order chi connectivity index (χ0) is 16.2. The van der Waals surface area contributed by atoms with Gasteiger partial charge in [0.25, 0.3) is 5.91 Å². The van der Waals surface area contributed by atoms with E-state index in [4.69, 9.17) is 15.2 Å². The highest BCUT2D eigenvalue weighted by molar-refractivity contribution is 7.20. The van der Waals surface area contributed by atoms with Crippen LogP contribution in [0.1, 0.15) is 20.8 Å². The van der Waals surface area contributed by atoms with Gasteiger partial charge in [0.2, 0.25) is 0 Å². The number of methoxy groups -OCH3 is 1. The van der Waals surface area contributed by atoms with Crippen LogP contribution in [0, 0.1) is 0 Å². The maximum absolute atomic E-state index is 11.3. The standard InChI is InChI=1S/C17H16N2O3S/c1-21-9-11-2-4-13(5-3-11)22-10-12-7-19-8-16-14(12)6-15(23-16)17(18)20/h2-8H,9-10H2,1H3,(H2,18,20). The van der Waals surface area contributed by atoms with Gasteiger partial charge < -0.3 is 15.2 Å². The Bertz CT molecular complexity index is 827. The van der Waals surface area contributed by atoms with Crippen molar-refractivity contribution in [3.8, 4) is 5.75 Å². The van der Waals surface area contributed by atoms with E-state index in [1.165, 1.54) is 11.3 Å². The molecule has 0 aliphatic rings. The number of hydrogen-bond donors (Lipinski definition) is 1. The SMILES string of the molecule is COCc1ccc(OCc2cncc3sc(C(N)=O)cc23)cc1. The van der Waals surface area contributed by atoms with Gasteiger partial charge in [-0.2, -0.15) is 0 Å². The Morgan fingerprint density at radius 2 is 2.00 bits per heavy atom. The van der Waals surface area contributed by atoms with E-state index in [1.807, 2.05) is 24.3 Å². The van der Waals surface area contributed by atoms with Gasteiger partial charge in [-0.1, -0.05) is 12.1 Å². The average molecular weight is 328 g/mol. The molecule has 0 aliphatic heterocycles. The van der Waals surface area contributed by atoms with Crippen molar-refractivity contribution in [2.75, 3.05) is 7.11 Å². The van der Waals surface area contributed by atoms with Gasteiger partial charge in [-0.05, 0) is 23.8 Å². The molecule has 0 fully saturated rings. The monoisotopic (exact) mass is 328 g/mol. The Labute approximate surface area is 137 Å². The zero-order valence-corrected chi connectivity index (χ0v) is 13.4. The molecule has 0 atom stereocenters. The van der Waals surface area contributed by atoms with E-state index < -0.39 is 5.91 Å². The minimum Gasteiger partial charge on any atom is -0.489 e. The van der Waals surface area contributed by atoms with Gasteiger partial charge in [0, 0.05) is 30.5 Å². The molecule has 0 unspecified atom stereocenters. The first-order valence-corrected chi connectivity index (χ1v) is 7.86. The van der Waals surface area contributed by atoms with E-state index in [0.29, 0.717) is 18.1 Å². The number of amides is 1. The van der Waals surface area contributed by atoms with Crippen LogP contribution in [0.15, 0.2) is 42.7 Å². The molecule has 6 heteroatoms. The second-order valence-electron chi connectivity index (χ2n) is 5.05. The number of carbonyl (C=O) groups is 1. The fourth-order valence-electron chi connectivity index (χ4n) is 2.26. The third-order valence-electron chi connectivity index (χ3n) is 3.40. The lowest BCUT2D eigenvalue weighted by atomic mass is 10.2. The van der Waals surface area contributed by atoms with Crippen molar-refractivity contribution in [3.63, 3.8) is 0 Å². The predicted molar refractivity (Wildman–Crippen MR) is 89.6 cm³/mol. The van der Waals surface area contributed by atoms with Gasteiger partial charge in [0.1, 0.15) is 12.4 Å². The number of ether oxygens (including phenoxy) is 2. The second kappa shape index (κ2) is 6.76. The van der Waals surface area contributed by atoms with Crippen molar-refractivity contribution in [3.05, 3.63) is 58.7 Å². The maximum atomic E-state index is 11.3. The summed E-state index contributed by atoms with van der Waals surface area (Å²) in [5, 5.41) is 0.954. The molecule has 0 bridgehead atoms. The minimum atomic E-state index is -0.424. The molecule has 0 spiro atoms. The highest BCUT2D eigenvalue weighted by atomic mass is 32.1. The largest absolute Gasteiger partial charge is 0.489 e. The number of hydrogen-bond acceptors (Lipinski definition) is 5. The molecule has 0 saturated carbocycles. The smallest absolute Gasteiger partial charge is 0.258 e. The molecule has 1 aromatic carbocycles. The quantitative estimate of drug-likeness (QED) is 0.754. The number of aromatic nitrogens is 1. The van der Waals surface area contributed by atoms with E-state index >= 15 is 0 Å². The Morgan fingerprint density at radius 3 is 2.70 bits per heavy atom. The summed E-state index contributed by atoms with van der Waals surface area (Å²) in [7, 11) is 1.67. The normalized spacial score (nSPS) is 10.8. The van der Waals surface area contributed by atoms with E-state index in [1.54, 1.807) is 25.6 Å². The van der Waals surface area contributed by atoms with Gasteiger partial charge in [-0.3, -0.25) is 9.78 Å². The molecule has 3 rings (SSSR count). The van der Waals surface area contributed by atoms with Gasteiger partial charge in [0.15, 0.2) is 0 Å². The summed E-state index contributed by atoms with van der Waals surface area (Å²) in [5.41, 5.74) is 7.35. The van der Waals surface area contributed by atoms with Crippen molar-refractivity contribution in [1.29, 1.82) is 0 Å². The molecular weight excluding hydrogens is 312 g/mol. The fourth-order valence-corrected chi connectivity index (χ4v) is 3.19. The molecule has 118 valence electrons. The minimum absolute atomic E-state index is 0.378. The van der Waals surface area contributed by atoms with Crippen LogP contribution in [-0.2, 0) is 18.0 Å². The summed E-state index contributed by atoms with van der Waals surface area (Å²) in [5.74, 6) is 0.346. The number of nitrogens with two attached hydrogens (primary N) is 1. The third-order valence-corrected chi connectivity index (χ3v) is 4.48. The first-order valence-electron chi connectivity index (χ1n) is 7.04. The third kappa shape index (κ3) is 3.49. The molecule has 2 heterocycles. The van der Waals surface area contributed by atoms with Gasteiger partial charge in [-0.25, -0.2) is 0 Å². The molecule has 0 aliphatic carbocycles. The highest BCUT2D eigenvalue weighted by Crippen LogP contribution is 2.28. The van der Waals surface area contributed by atoms with Crippen LogP contribution in [0.25, 0.3) is 10.1 Å². The summed E-state index contributed by atoms with van der Waals surface area (Å²) in [6, 6.07) is 9.54. The average Bonchev–Trinajstić information content (AvgIpc) is 2.99. The van der Waals surface area contributed by atoms with Gasteiger partial charge in [-0.15, -0.1) is 11.3 Å². The Balaban J connectivity index is 1.77. The van der Waals surface area contributed by atoms with Crippen LogP contribution in [-0.4, -0.2) is 18.0 Å². The summed E-state index contributed by atoms with van der Waals surface area (Å²) < 4.78 is 11.8. The van der Waals surface area contributed by atoms with E-state index in [2.05, 4.69) is 4.98 Å². The van der Waals surface area contributed by atoms with Crippen molar-refractivity contribution in [2.24, 2.45) is 5.73 Å². The number of benzene rings is 1. The summed E-state index contributed by atoms with van der Waals surface area (Å²) in [6.45, 7) is 0.956. The number of pyridine rings is 1. The van der Waals surface area contributed by atoms with E-state index in [0.717, 1.165) is 27.0 Å². The van der Waals surface area contributed by atoms with Crippen LogP contribution in [0.3, 0.4) is 0 Å². The Hall–Kier alpha value is -2.44. The zero-order valence-electron chi connectivity index (χ0n) is 12.6. The molecule has 3 aromatic rings. The number of fused-ring (bicyclic) bond motifs is 1. The molecule has 2 N–H and O–H groups in total. The van der Waals surface area contributed by atoms with E-state index in [9.17, 15) is 4.79 Å². The summed E-state index contributed by atoms with van der Waals surface area (Å²) in [4.78, 5) is 16.0. The Kier molecular flexibility index (Phi) is 4.55. The molecule has 0 saturated heterocycles. The fraction of sp³-hybridized carbons (Fsp3) is 0.176. The van der Waals surface area contributed by atoms with Crippen LogP contribution >= 0.6 is 11.3 Å². The van der Waals surface area contributed by atoms with Crippen molar-refractivity contribution >= 4 is 27.3 Å². The maximum Gasteiger partial charge on any atom is 0.258 e. The van der Waals surface area contributed by atoms with Gasteiger partial charge in [0.05, 0.1) is 16.2 Å². The van der Waals surface area contributed by atoms with Crippen LogP contribution in [0.2, 0.25) is 0 Å². The van der Waals surface area contributed by atoms with Crippen molar-refractivity contribution < 1.29 is 14.3 Å². The van der Waals surface area contributed by atoms with Crippen molar-refractivity contribution in [1.82, 2.24) is 4.98 Å². The lowest BCUT2D eigenvalue weighted by molar-refractivity contribution is 0.100.